The van der Waals surface area contributed by atoms with Gasteiger partial charge in [-0.2, -0.15) is 0 Å². The lowest BCUT2D eigenvalue weighted by molar-refractivity contribution is -0.870. The van der Waals surface area contributed by atoms with E-state index in [1.165, 1.54) is 109 Å². The zero-order valence-electron chi connectivity index (χ0n) is 16.9. The molecule has 0 amide bonds. The Kier molecular flexibility index (Phi) is 21.0. The molecule has 0 unspecified atom stereocenters. The second-order valence-corrected chi connectivity index (χ2v) is 8.32. The molecule has 0 aromatic carbocycles. The van der Waals surface area contributed by atoms with Gasteiger partial charge >= 0.3 is 0 Å². The normalized spacial score (nSPS) is 11.5. The predicted octanol–water partition coefficient (Wildman–Crippen LogP) is 7.53. The van der Waals surface area contributed by atoms with E-state index in [1.54, 1.807) is 0 Å². The van der Waals surface area contributed by atoms with Crippen LogP contribution < -0.4 is 0 Å². The van der Waals surface area contributed by atoms with Gasteiger partial charge in [0.05, 0.1) is 27.7 Å². The molecule has 0 aliphatic rings. The minimum atomic E-state index is 0. The smallest absolute Gasteiger partial charge is 0.0780 e. The summed E-state index contributed by atoms with van der Waals surface area (Å²) in [6, 6.07) is 0. The molecule has 0 radical (unpaired) electrons. The van der Waals surface area contributed by atoms with Crippen LogP contribution in [0, 0.1) is 0 Å². The van der Waals surface area contributed by atoms with Crippen LogP contribution in [-0.2, 0) is 0 Å². The van der Waals surface area contributed by atoms with Gasteiger partial charge in [-0.1, -0.05) is 96.8 Å². The highest BCUT2D eigenvalue weighted by Crippen LogP contribution is 2.13. The average Bonchev–Trinajstić information content (AvgIpc) is 2.45. The Morgan fingerprint density at radius 1 is 0.435 bits per heavy atom. The van der Waals surface area contributed by atoms with Gasteiger partial charge in [0.1, 0.15) is 0 Å². The van der Waals surface area contributed by atoms with Crippen LogP contribution in [-0.4, -0.2) is 32.2 Å². The lowest BCUT2D eigenvalue weighted by Crippen LogP contribution is -2.35. The summed E-state index contributed by atoms with van der Waals surface area (Å²) in [6.45, 7) is 3.63. The van der Waals surface area contributed by atoms with Crippen LogP contribution in [0.3, 0.4) is 0 Å². The van der Waals surface area contributed by atoms with Crippen LogP contribution in [0.15, 0.2) is 0 Å². The van der Waals surface area contributed by atoms with Gasteiger partial charge in [-0.3, -0.25) is 0 Å². The Morgan fingerprint density at radius 2 is 0.696 bits per heavy atom. The van der Waals surface area contributed by atoms with E-state index in [0.29, 0.717) is 0 Å². The van der Waals surface area contributed by atoms with Gasteiger partial charge in [0.25, 0.3) is 0 Å². The van der Waals surface area contributed by atoms with Crippen molar-refractivity contribution >= 4 is 17.0 Å². The summed E-state index contributed by atoms with van der Waals surface area (Å²) in [5.41, 5.74) is 0. The third-order valence-corrected chi connectivity index (χ3v) is 4.68. The third-order valence-electron chi connectivity index (χ3n) is 4.68. The zero-order valence-corrected chi connectivity index (χ0v) is 18.6. The molecule has 0 spiro atoms. The molecule has 1 nitrogen and oxygen atoms in total. The molecule has 2 heteroatoms. The van der Waals surface area contributed by atoms with Crippen LogP contribution in [0.4, 0.5) is 0 Å². The Morgan fingerprint density at radius 3 is 0.957 bits per heavy atom. The molecule has 0 aliphatic carbocycles. The molecule has 0 fully saturated rings. The maximum Gasteiger partial charge on any atom is 0.0780 e. The quantitative estimate of drug-likeness (QED) is 0.177. The minimum absolute atomic E-state index is 0. The first-order valence-electron chi connectivity index (χ1n) is 10.4. The zero-order chi connectivity index (χ0) is 16.5. The van der Waals surface area contributed by atoms with E-state index in [9.17, 15) is 0 Å². The SMILES string of the molecule is Br.CCCCCCCCCCCCCCCCCC[N+](C)(C)C. The fourth-order valence-corrected chi connectivity index (χ4v) is 3.13. The topological polar surface area (TPSA) is 0 Å². The Balaban J connectivity index is 0. The first kappa shape index (κ1) is 25.7. The van der Waals surface area contributed by atoms with E-state index in [2.05, 4.69) is 28.1 Å². The maximum absolute atomic E-state index is 2.30. The Hall–Kier alpha value is 0.440. The highest BCUT2D eigenvalue weighted by molar-refractivity contribution is 8.93. The number of halogens is 1. The van der Waals surface area contributed by atoms with Crippen molar-refractivity contribution in [3.05, 3.63) is 0 Å². The fourth-order valence-electron chi connectivity index (χ4n) is 3.13. The van der Waals surface area contributed by atoms with Crippen LogP contribution in [0.25, 0.3) is 0 Å². The minimum Gasteiger partial charge on any atom is -0.331 e. The van der Waals surface area contributed by atoms with Crippen LogP contribution >= 0.6 is 17.0 Å². The van der Waals surface area contributed by atoms with E-state index in [1.807, 2.05) is 0 Å². The summed E-state index contributed by atoms with van der Waals surface area (Å²) in [4.78, 5) is 0. The molecule has 0 heterocycles. The van der Waals surface area contributed by atoms with Gasteiger partial charge in [-0.15, -0.1) is 17.0 Å². The molecule has 23 heavy (non-hydrogen) atoms. The molecule has 0 aromatic rings. The number of rotatable bonds is 17. The van der Waals surface area contributed by atoms with E-state index in [0.717, 1.165) is 4.48 Å². The molecule has 0 aliphatic heterocycles. The fraction of sp³-hybridized carbons (Fsp3) is 1.00. The van der Waals surface area contributed by atoms with E-state index >= 15 is 0 Å². The summed E-state index contributed by atoms with van der Waals surface area (Å²) >= 11 is 0. The standard InChI is InChI=1S/C21H46N.BrH/c1-5-6-7-8-9-10-11-12-13-14-15-16-17-18-19-20-21-22(2,3)4;/h5-21H2,1-4H3;1H/q+1;. The molecule has 0 saturated heterocycles. The summed E-state index contributed by atoms with van der Waals surface area (Å²) in [7, 11) is 6.89. The van der Waals surface area contributed by atoms with Crippen molar-refractivity contribution in [3.63, 3.8) is 0 Å². The molecule has 142 valence electrons. The van der Waals surface area contributed by atoms with E-state index in [-0.39, 0.29) is 17.0 Å². The van der Waals surface area contributed by atoms with Crippen molar-refractivity contribution in [2.45, 2.75) is 110 Å². The lowest BCUT2D eigenvalue weighted by Gasteiger charge is -2.23. The van der Waals surface area contributed by atoms with Gasteiger partial charge < -0.3 is 4.48 Å². The van der Waals surface area contributed by atoms with Crippen molar-refractivity contribution in [2.75, 3.05) is 27.7 Å². The largest absolute Gasteiger partial charge is 0.331 e. The number of hydrogen-bond acceptors (Lipinski definition) is 0. The van der Waals surface area contributed by atoms with Crippen LogP contribution in [0.5, 0.6) is 0 Å². The Bertz CT molecular complexity index is 210. The average molecular weight is 394 g/mol. The van der Waals surface area contributed by atoms with Crippen molar-refractivity contribution in [1.29, 1.82) is 0 Å². The molecule has 0 bridgehead atoms. The number of quaternary nitrogens is 1. The third kappa shape index (κ3) is 24.8. The van der Waals surface area contributed by atoms with Gasteiger partial charge in [-0.25, -0.2) is 0 Å². The number of unbranched alkanes of at least 4 members (excludes halogenated alkanes) is 15. The molecule has 0 saturated carbocycles. The monoisotopic (exact) mass is 392 g/mol. The summed E-state index contributed by atoms with van der Waals surface area (Å²) in [5, 5.41) is 0. The first-order valence-corrected chi connectivity index (χ1v) is 10.4. The van der Waals surface area contributed by atoms with Crippen molar-refractivity contribution in [1.82, 2.24) is 0 Å². The predicted molar refractivity (Wildman–Crippen MR) is 113 cm³/mol. The summed E-state index contributed by atoms with van der Waals surface area (Å²) in [6.07, 6.45) is 23.4. The second kappa shape index (κ2) is 18.8. The van der Waals surface area contributed by atoms with Gasteiger partial charge in [0.15, 0.2) is 0 Å². The highest BCUT2D eigenvalue weighted by Gasteiger charge is 2.04. The highest BCUT2D eigenvalue weighted by atomic mass is 79.9. The molecular formula is C21H47BrN+. The molecule has 0 rings (SSSR count). The molecule has 0 atom stereocenters. The van der Waals surface area contributed by atoms with Crippen LogP contribution in [0.1, 0.15) is 110 Å². The lowest BCUT2D eigenvalue weighted by atomic mass is 10.0. The second-order valence-electron chi connectivity index (χ2n) is 8.32. The molecular weight excluding hydrogens is 346 g/mol. The molecule has 0 N–H and O–H groups in total. The van der Waals surface area contributed by atoms with Crippen LogP contribution in [0.2, 0.25) is 0 Å². The molecule has 0 aromatic heterocycles. The summed E-state index contributed by atoms with van der Waals surface area (Å²) in [5.74, 6) is 0. The van der Waals surface area contributed by atoms with Crippen molar-refractivity contribution < 1.29 is 4.48 Å². The Labute approximate surface area is 159 Å². The van der Waals surface area contributed by atoms with Gasteiger partial charge in [0.2, 0.25) is 0 Å². The van der Waals surface area contributed by atoms with E-state index in [4.69, 9.17) is 0 Å². The number of hydrogen-bond donors (Lipinski definition) is 0. The first-order chi connectivity index (χ1) is 10.6. The maximum atomic E-state index is 2.30. The number of nitrogens with zero attached hydrogens (tertiary/aromatic N) is 1. The van der Waals surface area contributed by atoms with Gasteiger partial charge in [-0.05, 0) is 12.8 Å². The van der Waals surface area contributed by atoms with Crippen molar-refractivity contribution in [3.8, 4) is 0 Å². The summed E-state index contributed by atoms with van der Waals surface area (Å²) < 4.78 is 1.12. The van der Waals surface area contributed by atoms with Crippen molar-refractivity contribution in [2.24, 2.45) is 0 Å². The van der Waals surface area contributed by atoms with Gasteiger partial charge in [0, 0.05) is 0 Å². The van der Waals surface area contributed by atoms with E-state index < -0.39 is 0 Å².